The molecule has 2 rings (SSSR count). The first-order chi connectivity index (χ1) is 9.49. The highest BCUT2D eigenvalue weighted by molar-refractivity contribution is 5.79. The Labute approximate surface area is 118 Å². The Hall–Kier alpha value is -2.04. The topological polar surface area (TPSA) is 83.6 Å². The van der Waals surface area contributed by atoms with Crippen molar-refractivity contribution in [2.75, 3.05) is 18.8 Å². The van der Waals surface area contributed by atoms with E-state index in [1.807, 2.05) is 31.2 Å². The molecule has 1 aliphatic rings. The van der Waals surface area contributed by atoms with Gasteiger partial charge in [-0.3, -0.25) is 9.59 Å². The maximum atomic E-state index is 12.1. The van der Waals surface area contributed by atoms with Gasteiger partial charge in [0.05, 0.1) is 5.92 Å². The number of para-hydroxylation sites is 1. The molecule has 5 nitrogen and oxygen atoms in total. The molecule has 1 saturated heterocycles. The van der Waals surface area contributed by atoms with Crippen LogP contribution >= 0.6 is 0 Å². The number of carbonyl (C=O) groups excluding carboxylic acids is 1. The lowest BCUT2D eigenvalue weighted by Crippen LogP contribution is -2.30. The van der Waals surface area contributed by atoms with Crippen LogP contribution in [0.15, 0.2) is 24.3 Å². The number of aryl methyl sites for hydroxylation is 1. The molecular formula is C15H20N2O3. The number of rotatable bonds is 4. The third-order valence-electron chi connectivity index (χ3n) is 3.95. The Morgan fingerprint density at radius 1 is 1.35 bits per heavy atom. The van der Waals surface area contributed by atoms with E-state index in [0.717, 1.165) is 5.56 Å². The lowest BCUT2D eigenvalue weighted by atomic mass is 9.99. The van der Waals surface area contributed by atoms with Gasteiger partial charge in [-0.05, 0) is 24.0 Å². The average molecular weight is 276 g/mol. The number of carboxylic acid groups (broad SMARTS) is 1. The van der Waals surface area contributed by atoms with E-state index in [2.05, 4.69) is 0 Å². The molecule has 108 valence electrons. The quantitative estimate of drug-likeness (QED) is 0.814. The number of nitrogens with two attached hydrogens (primary N) is 1. The minimum atomic E-state index is -0.819. The Kier molecular flexibility index (Phi) is 4.27. The van der Waals surface area contributed by atoms with Crippen LogP contribution in [0.4, 0.5) is 5.69 Å². The molecule has 1 aromatic carbocycles. The van der Waals surface area contributed by atoms with Crippen LogP contribution in [0.3, 0.4) is 0 Å². The summed E-state index contributed by atoms with van der Waals surface area (Å²) in [5.41, 5.74) is 7.50. The zero-order chi connectivity index (χ0) is 14.7. The molecule has 3 N–H and O–H groups in total. The second-order valence-corrected chi connectivity index (χ2v) is 5.42. The van der Waals surface area contributed by atoms with Crippen molar-refractivity contribution in [3.63, 3.8) is 0 Å². The molecular weight excluding hydrogens is 256 g/mol. The maximum Gasteiger partial charge on any atom is 0.308 e. The smallest absolute Gasteiger partial charge is 0.308 e. The predicted molar refractivity (Wildman–Crippen MR) is 76.0 cm³/mol. The lowest BCUT2D eigenvalue weighted by Gasteiger charge is -2.16. The van der Waals surface area contributed by atoms with Gasteiger partial charge in [0.2, 0.25) is 5.91 Å². The predicted octanol–water partition coefficient (Wildman–Crippen LogP) is 1.38. The average Bonchev–Trinajstić information content (AvgIpc) is 2.80. The highest BCUT2D eigenvalue weighted by atomic mass is 16.4. The normalized spacial score (nSPS) is 21.9. The van der Waals surface area contributed by atoms with E-state index in [0.29, 0.717) is 31.6 Å². The van der Waals surface area contributed by atoms with Crippen molar-refractivity contribution in [3.8, 4) is 0 Å². The number of carboxylic acids is 1. The molecule has 1 fully saturated rings. The Morgan fingerprint density at radius 3 is 2.65 bits per heavy atom. The number of likely N-dealkylation sites (tertiary alicyclic amines) is 1. The number of carbonyl (C=O) groups is 2. The number of amides is 1. The van der Waals surface area contributed by atoms with E-state index in [1.54, 1.807) is 4.90 Å². The zero-order valence-electron chi connectivity index (χ0n) is 11.6. The van der Waals surface area contributed by atoms with Crippen molar-refractivity contribution < 1.29 is 14.7 Å². The van der Waals surface area contributed by atoms with Crippen molar-refractivity contribution in [3.05, 3.63) is 29.8 Å². The fourth-order valence-electron chi connectivity index (χ4n) is 2.65. The summed E-state index contributed by atoms with van der Waals surface area (Å²) in [5.74, 6) is -1.25. The molecule has 0 bridgehead atoms. The van der Waals surface area contributed by atoms with Crippen molar-refractivity contribution in [1.82, 2.24) is 4.90 Å². The SMILES string of the molecule is C[C@@H]1CN(C(=O)CCc2ccccc2N)C[C@H]1C(=O)O. The maximum absolute atomic E-state index is 12.1. The van der Waals surface area contributed by atoms with Crippen molar-refractivity contribution >= 4 is 17.6 Å². The van der Waals surface area contributed by atoms with Gasteiger partial charge in [-0.2, -0.15) is 0 Å². The minimum absolute atomic E-state index is 0.00357. The molecule has 0 unspecified atom stereocenters. The Morgan fingerprint density at radius 2 is 2.05 bits per heavy atom. The number of anilines is 1. The van der Waals surface area contributed by atoms with Gasteiger partial charge in [0.25, 0.3) is 0 Å². The van der Waals surface area contributed by atoms with Crippen LogP contribution in [0, 0.1) is 11.8 Å². The van der Waals surface area contributed by atoms with Crippen LogP contribution in [-0.4, -0.2) is 35.0 Å². The van der Waals surface area contributed by atoms with Crippen LogP contribution in [0.2, 0.25) is 0 Å². The summed E-state index contributed by atoms with van der Waals surface area (Å²) in [5, 5.41) is 9.07. The van der Waals surface area contributed by atoms with Crippen LogP contribution in [0.1, 0.15) is 18.9 Å². The van der Waals surface area contributed by atoms with Crippen LogP contribution in [0.25, 0.3) is 0 Å². The summed E-state index contributed by atoms with van der Waals surface area (Å²) in [6.45, 7) is 2.72. The number of benzene rings is 1. The molecule has 5 heteroatoms. The summed E-state index contributed by atoms with van der Waals surface area (Å²) >= 11 is 0. The van der Waals surface area contributed by atoms with Crippen molar-refractivity contribution in [2.24, 2.45) is 11.8 Å². The van der Waals surface area contributed by atoms with Gasteiger partial charge in [0.15, 0.2) is 0 Å². The number of hydrogen-bond acceptors (Lipinski definition) is 3. The first-order valence-electron chi connectivity index (χ1n) is 6.83. The van der Waals surface area contributed by atoms with E-state index in [9.17, 15) is 9.59 Å². The summed E-state index contributed by atoms with van der Waals surface area (Å²) in [4.78, 5) is 24.8. The van der Waals surface area contributed by atoms with Crippen LogP contribution < -0.4 is 5.73 Å². The summed E-state index contributed by atoms with van der Waals surface area (Å²) in [6.07, 6.45) is 0.960. The van der Waals surface area contributed by atoms with E-state index in [1.165, 1.54) is 0 Å². The Balaban J connectivity index is 1.90. The van der Waals surface area contributed by atoms with Crippen LogP contribution in [-0.2, 0) is 16.0 Å². The molecule has 0 spiro atoms. The summed E-state index contributed by atoms with van der Waals surface area (Å²) < 4.78 is 0. The zero-order valence-corrected chi connectivity index (χ0v) is 11.6. The molecule has 0 aliphatic carbocycles. The highest BCUT2D eigenvalue weighted by Gasteiger charge is 2.36. The minimum Gasteiger partial charge on any atom is -0.481 e. The van der Waals surface area contributed by atoms with Gasteiger partial charge < -0.3 is 15.7 Å². The fraction of sp³-hybridized carbons (Fsp3) is 0.467. The lowest BCUT2D eigenvalue weighted by molar-refractivity contribution is -0.142. The van der Waals surface area contributed by atoms with Gasteiger partial charge >= 0.3 is 5.97 Å². The number of nitrogens with zero attached hydrogens (tertiary/aromatic N) is 1. The van der Waals surface area contributed by atoms with Gasteiger partial charge in [0, 0.05) is 25.2 Å². The molecule has 0 radical (unpaired) electrons. The van der Waals surface area contributed by atoms with Crippen molar-refractivity contribution in [1.29, 1.82) is 0 Å². The highest BCUT2D eigenvalue weighted by Crippen LogP contribution is 2.24. The second-order valence-electron chi connectivity index (χ2n) is 5.42. The van der Waals surface area contributed by atoms with Gasteiger partial charge in [0.1, 0.15) is 0 Å². The van der Waals surface area contributed by atoms with E-state index in [4.69, 9.17) is 10.8 Å². The number of hydrogen-bond donors (Lipinski definition) is 2. The second kappa shape index (κ2) is 5.94. The van der Waals surface area contributed by atoms with E-state index < -0.39 is 11.9 Å². The van der Waals surface area contributed by atoms with E-state index >= 15 is 0 Å². The van der Waals surface area contributed by atoms with E-state index in [-0.39, 0.29) is 11.8 Å². The molecule has 0 saturated carbocycles. The van der Waals surface area contributed by atoms with Gasteiger partial charge in [-0.25, -0.2) is 0 Å². The molecule has 1 amide bonds. The summed E-state index contributed by atoms with van der Waals surface area (Å²) in [6, 6.07) is 7.49. The monoisotopic (exact) mass is 276 g/mol. The largest absolute Gasteiger partial charge is 0.481 e. The standard InChI is InChI=1S/C15H20N2O3/c1-10-8-17(9-12(10)15(19)20)14(18)7-6-11-4-2-3-5-13(11)16/h2-5,10,12H,6-9,16H2,1H3,(H,19,20)/t10-,12-/m1/s1. The Bertz CT molecular complexity index is 516. The number of nitrogen functional groups attached to an aromatic ring is 1. The number of aliphatic carboxylic acids is 1. The first-order valence-corrected chi connectivity index (χ1v) is 6.83. The molecule has 1 heterocycles. The van der Waals surface area contributed by atoms with Crippen LogP contribution in [0.5, 0.6) is 0 Å². The fourth-order valence-corrected chi connectivity index (χ4v) is 2.65. The van der Waals surface area contributed by atoms with Crippen molar-refractivity contribution in [2.45, 2.75) is 19.8 Å². The molecule has 1 aromatic rings. The van der Waals surface area contributed by atoms with Gasteiger partial charge in [-0.15, -0.1) is 0 Å². The third-order valence-corrected chi connectivity index (χ3v) is 3.95. The first kappa shape index (κ1) is 14.4. The third kappa shape index (κ3) is 3.10. The van der Waals surface area contributed by atoms with Gasteiger partial charge in [-0.1, -0.05) is 25.1 Å². The summed E-state index contributed by atoms with van der Waals surface area (Å²) in [7, 11) is 0. The molecule has 20 heavy (non-hydrogen) atoms. The molecule has 0 aromatic heterocycles. The molecule has 1 aliphatic heterocycles. The molecule has 2 atom stereocenters.